The van der Waals surface area contributed by atoms with Crippen LogP contribution in [0.2, 0.25) is 0 Å². The van der Waals surface area contributed by atoms with Crippen molar-refractivity contribution < 1.29 is 9.13 Å². The Hall–Kier alpha value is -3.61. The van der Waals surface area contributed by atoms with Crippen LogP contribution < -0.4 is 10.1 Å². The van der Waals surface area contributed by atoms with E-state index in [9.17, 15) is 4.39 Å². The molecule has 0 spiro atoms. The number of anilines is 1. The van der Waals surface area contributed by atoms with Gasteiger partial charge in [0.1, 0.15) is 29.2 Å². The molecule has 1 N–H and O–H groups in total. The summed E-state index contributed by atoms with van der Waals surface area (Å²) >= 11 is 0. The Bertz CT molecular complexity index is 1180. The lowest BCUT2D eigenvalue weighted by atomic mass is 10.0. The van der Waals surface area contributed by atoms with Crippen LogP contribution in [0.15, 0.2) is 48.8 Å². The molecule has 2 aromatic carbocycles. The van der Waals surface area contributed by atoms with Crippen molar-refractivity contribution in [1.29, 1.82) is 0 Å². The molecule has 2 aromatic heterocycles. The number of methoxy groups -OCH3 is 1. The van der Waals surface area contributed by atoms with Crippen LogP contribution in [0.4, 0.5) is 10.2 Å². The summed E-state index contributed by atoms with van der Waals surface area (Å²) in [6.07, 6.45) is 1.50. The molecule has 0 fully saturated rings. The summed E-state index contributed by atoms with van der Waals surface area (Å²) in [4.78, 5) is 8.78. The van der Waals surface area contributed by atoms with Crippen LogP contribution in [-0.4, -0.2) is 27.3 Å². The molecule has 6 nitrogen and oxygen atoms in total. The quantitative estimate of drug-likeness (QED) is 0.543. The van der Waals surface area contributed by atoms with Crippen molar-refractivity contribution in [2.24, 2.45) is 0 Å². The maximum Gasteiger partial charge on any atom is 0.145 e. The third-order valence-electron chi connectivity index (χ3n) is 4.70. The summed E-state index contributed by atoms with van der Waals surface area (Å²) in [6, 6.07) is 12.8. The Morgan fingerprint density at radius 1 is 0.966 bits per heavy atom. The van der Waals surface area contributed by atoms with E-state index < -0.39 is 0 Å². The highest BCUT2D eigenvalue weighted by molar-refractivity contribution is 5.96. The predicted octanol–water partition coefficient (Wildman–Crippen LogP) is 4.46. The number of rotatable bonds is 5. The van der Waals surface area contributed by atoms with Gasteiger partial charge in [-0.2, -0.15) is 10.2 Å². The van der Waals surface area contributed by atoms with Crippen molar-refractivity contribution >= 4 is 16.7 Å². The molecule has 4 aromatic rings. The fourth-order valence-electron chi connectivity index (χ4n) is 3.12. The smallest absolute Gasteiger partial charge is 0.145 e. The molecule has 0 unspecified atom stereocenters. The Morgan fingerprint density at radius 2 is 1.83 bits per heavy atom. The van der Waals surface area contributed by atoms with Gasteiger partial charge in [-0.15, -0.1) is 0 Å². The molecule has 0 saturated heterocycles. The monoisotopic (exact) mass is 389 g/mol. The van der Waals surface area contributed by atoms with Crippen molar-refractivity contribution in [3.63, 3.8) is 0 Å². The van der Waals surface area contributed by atoms with Crippen LogP contribution in [0.3, 0.4) is 0 Å². The molecule has 0 bridgehead atoms. The molecule has 0 aliphatic rings. The highest BCUT2D eigenvalue weighted by Gasteiger charge is 2.13. The Morgan fingerprint density at radius 3 is 2.55 bits per heavy atom. The molecule has 0 radical (unpaired) electrons. The minimum atomic E-state index is -0.230. The number of benzene rings is 2. The first-order valence-electron chi connectivity index (χ1n) is 9.17. The molecule has 146 valence electrons. The van der Waals surface area contributed by atoms with Crippen LogP contribution in [-0.2, 0) is 6.54 Å². The molecule has 4 rings (SSSR count). The highest BCUT2D eigenvalue weighted by atomic mass is 19.1. The van der Waals surface area contributed by atoms with Gasteiger partial charge >= 0.3 is 0 Å². The lowest BCUT2D eigenvalue weighted by Crippen LogP contribution is -2.05. The molecule has 2 heterocycles. The molecule has 0 aliphatic carbocycles. The molecule has 29 heavy (non-hydrogen) atoms. The summed E-state index contributed by atoms with van der Waals surface area (Å²) in [5, 5.41) is 12.4. The number of hydrogen-bond donors (Lipinski definition) is 1. The minimum Gasteiger partial charge on any atom is -0.494 e. The number of nitrogens with zero attached hydrogens (tertiary/aromatic N) is 4. The first-order valence-corrected chi connectivity index (χ1v) is 9.17. The molecular formula is C22H20FN5O. The van der Waals surface area contributed by atoms with Gasteiger partial charge in [-0.1, -0.05) is 6.07 Å². The fraction of sp³-hybridized carbons (Fsp3) is 0.182. The number of nitrogens with one attached hydrogen (secondary N) is 1. The van der Waals surface area contributed by atoms with Gasteiger partial charge in [0, 0.05) is 5.39 Å². The molecule has 0 amide bonds. The van der Waals surface area contributed by atoms with Crippen LogP contribution in [0, 0.1) is 19.7 Å². The number of aryl methyl sites for hydroxylation is 2. The number of halogens is 1. The van der Waals surface area contributed by atoms with Gasteiger partial charge in [0.15, 0.2) is 0 Å². The average Bonchev–Trinajstić information content (AvgIpc) is 2.74. The van der Waals surface area contributed by atoms with Crippen molar-refractivity contribution in [3.8, 4) is 16.9 Å². The van der Waals surface area contributed by atoms with E-state index in [0.717, 1.165) is 27.9 Å². The second-order valence-electron chi connectivity index (χ2n) is 6.78. The van der Waals surface area contributed by atoms with Crippen LogP contribution in [0.1, 0.15) is 17.0 Å². The number of fused-ring (bicyclic) bond motifs is 1. The Kier molecular flexibility index (Phi) is 5.03. The van der Waals surface area contributed by atoms with Gasteiger partial charge in [-0.05, 0) is 66.9 Å². The zero-order valence-electron chi connectivity index (χ0n) is 16.4. The maximum atomic E-state index is 13.7. The van der Waals surface area contributed by atoms with Gasteiger partial charge in [0.25, 0.3) is 0 Å². The number of aromatic nitrogens is 4. The van der Waals surface area contributed by atoms with Gasteiger partial charge in [0.05, 0.1) is 25.0 Å². The molecule has 0 aliphatic heterocycles. The fourth-order valence-corrected chi connectivity index (χ4v) is 3.12. The second kappa shape index (κ2) is 7.79. The topological polar surface area (TPSA) is 72.8 Å². The summed E-state index contributed by atoms with van der Waals surface area (Å²) < 4.78 is 19.3. The first kappa shape index (κ1) is 18.7. The van der Waals surface area contributed by atoms with Crippen LogP contribution >= 0.6 is 0 Å². The van der Waals surface area contributed by atoms with Crippen molar-refractivity contribution in [2.45, 2.75) is 20.4 Å². The SMILES string of the molecule is COc1cc(-c2ccc(F)c(C)c2)cc2c(NCc3ccc(C)nn3)ncnc12. The van der Waals surface area contributed by atoms with Crippen LogP contribution in [0.25, 0.3) is 22.0 Å². The van der Waals surface area contributed by atoms with E-state index >= 15 is 0 Å². The average molecular weight is 389 g/mol. The minimum absolute atomic E-state index is 0.230. The lowest BCUT2D eigenvalue weighted by molar-refractivity contribution is 0.419. The molecule has 7 heteroatoms. The standard InChI is InChI=1S/C22H20FN5O/c1-13-8-15(5-7-19(13)23)16-9-18-21(20(10-16)29-3)25-12-26-22(18)24-11-17-6-4-14(2)27-28-17/h4-10,12H,11H2,1-3H3,(H,24,25,26). The molecular weight excluding hydrogens is 369 g/mol. The summed E-state index contributed by atoms with van der Waals surface area (Å²) in [5.41, 5.74) is 4.74. The van der Waals surface area contributed by atoms with E-state index in [0.29, 0.717) is 29.2 Å². The van der Waals surface area contributed by atoms with E-state index in [1.54, 1.807) is 20.1 Å². The van der Waals surface area contributed by atoms with Gasteiger partial charge < -0.3 is 10.1 Å². The third-order valence-corrected chi connectivity index (χ3v) is 4.70. The van der Waals surface area contributed by atoms with E-state index in [2.05, 4.69) is 25.5 Å². The van der Waals surface area contributed by atoms with E-state index in [1.807, 2.05) is 37.3 Å². The summed E-state index contributed by atoms with van der Waals surface area (Å²) in [7, 11) is 1.60. The third kappa shape index (κ3) is 3.85. The van der Waals surface area contributed by atoms with Crippen molar-refractivity contribution in [1.82, 2.24) is 20.2 Å². The summed E-state index contributed by atoms with van der Waals surface area (Å²) in [5.74, 6) is 1.06. The number of ether oxygens (including phenoxy) is 1. The van der Waals surface area contributed by atoms with E-state index in [4.69, 9.17) is 4.74 Å². The zero-order chi connectivity index (χ0) is 20.4. The van der Waals surface area contributed by atoms with Gasteiger partial charge in [-0.3, -0.25) is 0 Å². The Balaban J connectivity index is 1.76. The lowest BCUT2D eigenvalue weighted by Gasteiger charge is -2.13. The highest BCUT2D eigenvalue weighted by Crippen LogP contribution is 2.34. The molecule has 0 saturated carbocycles. The van der Waals surface area contributed by atoms with Crippen molar-refractivity contribution in [3.05, 3.63) is 71.6 Å². The Labute approximate surface area is 167 Å². The van der Waals surface area contributed by atoms with E-state index in [1.165, 1.54) is 12.4 Å². The normalized spacial score (nSPS) is 10.9. The largest absolute Gasteiger partial charge is 0.494 e. The maximum absolute atomic E-state index is 13.7. The molecule has 0 atom stereocenters. The predicted molar refractivity (Wildman–Crippen MR) is 110 cm³/mol. The van der Waals surface area contributed by atoms with Crippen LogP contribution in [0.5, 0.6) is 5.75 Å². The van der Waals surface area contributed by atoms with Gasteiger partial charge in [0.2, 0.25) is 0 Å². The summed E-state index contributed by atoms with van der Waals surface area (Å²) in [6.45, 7) is 4.12. The van der Waals surface area contributed by atoms with E-state index in [-0.39, 0.29) is 5.82 Å². The van der Waals surface area contributed by atoms with Crippen molar-refractivity contribution in [2.75, 3.05) is 12.4 Å². The van der Waals surface area contributed by atoms with Gasteiger partial charge in [-0.25, -0.2) is 14.4 Å². The zero-order valence-corrected chi connectivity index (χ0v) is 16.4. The second-order valence-corrected chi connectivity index (χ2v) is 6.78. The number of hydrogen-bond acceptors (Lipinski definition) is 6. The first-order chi connectivity index (χ1) is 14.0.